The Morgan fingerprint density at radius 2 is 2.25 bits per heavy atom. The Morgan fingerprint density at radius 3 is 3.00 bits per heavy atom. The maximum absolute atomic E-state index is 5.27. The van der Waals surface area contributed by atoms with Gasteiger partial charge in [-0.1, -0.05) is 17.8 Å². The molecule has 0 fully saturated rings. The summed E-state index contributed by atoms with van der Waals surface area (Å²) < 4.78 is 5.27. The van der Waals surface area contributed by atoms with Crippen LogP contribution < -0.4 is 5.32 Å². The average Bonchev–Trinajstić information content (AvgIpc) is 2.80. The maximum Gasteiger partial charge on any atom is 0.127 e. The zero-order valence-electron chi connectivity index (χ0n) is 9.14. The monoisotopic (exact) mass is 234 g/mol. The van der Waals surface area contributed by atoms with E-state index in [2.05, 4.69) is 17.2 Å². The molecule has 0 unspecified atom stereocenters. The van der Waals surface area contributed by atoms with Gasteiger partial charge in [-0.15, -0.1) is 0 Å². The summed E-state index contributed by atoms with van der Waals surface area (Å²) >= 11 is 1.67. The van der Waals surface area contributed by atoms with Gasteiger partial charge in [-0.3, -0.25) is 0 Å². The number of thioether (sulfide) groups is 1. The van der Waals surface area contributed by atoms with E-state index in [1.54, 1.807) is 18.0 Å². The second kappa shape index (κ2) is 5.61. The van der Waals surface area contributed by atoms with Crippen LogP contribution in [0.1, 0.15) is 12.7 Å². The van der Waals surface area contributed by atoms with Crippen LogP contribution in [0.5, 0.6) is 0 Å². The predicted octanol–water partition coefficient (Wildman–Crippen LogP) is 3.40. The smallest absolute Gasteiger partial charge is 0.127 e. The van der Waals surface area contributed by atoms with Crippen molar-refractivity contribution in [3.05, 3.63) is 42.4 Å². The van der Waals surface area contributed by atoms with Gasteiger partial charge >= 0.3 is 0 Å². The lowest BCUT2D eigenvalue weighted by atomic mass is 10.4. The van der Waals surface area contributed by atoms with Crippen molar-refractivity contribution in [2.45, 2.75) is 17.7 Å². The minimum atomic E-state index is 0.815. The minimum absolute atomic E-state index is 0.815. The van der Waals surface area contributed by atoms with Gasteiger partial charge in [0.05, 0.1) is 17.0 Å². The molecule has 0 aliphatic heterocycles. The number of nitrogens with one attached hydrogen (secondary N) is 1. The molecule has 2 aromatic rings. The highest BCUT2D eigenvalue weighted by Crippen LogP contribution is 2.22. The van der Waals surface area contributed by atoms with Gasteiger partial charge in [-0.2, -0.15) is 0 Å². The SMILES string of the molecule is CCNc1cccc(SCc2ccco2)n1. The van der Waals surface area contributed by atoms with Crippen LogP contribution in [0.4, 0.5) is 5.82 Å². The Morgan fingerprint density at radius 1 is 1.31 bits per heavy atom. The molecule has 16 heavy (non-hydrogen) atoms. The first kappa shape index (κ1) is 11.1. The summed E-state index contributed by atoms with van der Waals surface area (Å²) in [5.41, 5.74) is 0. The molecule has 0 amide bonds. The van der Waals surface area contributed by atoms with Crippen molar-refractivity contribution in [1.82, 2.24) is 4.98 Å². The molecule has 3 nitrogen and oxygen atoms in total. The van der Waals surface area contributed by atoms with Crippen molar-refractivity contribution < 1.29 is 4.42 Å². The topological polar surface area (TPSA) is 38.1 Å². The summed E-state index contributed by atoms with van der Waals surface area (Å²) in [5, 5.41) is 4.20. The molecule has 0 bridgehead atoms. The molecule has 84 valence electrons. The lowest BCUT2D eigenvalue weighted by molar-refractivity contribution is 0.530. The summed E-state index contributed by atoms with van der Waals surface area (Å²) in [5.74, 6) is 2.71. The quantitative estimate of drug-likeness (QED) is 0.805. The Bertz CT molecular complexity index is 428. The van der Waals surface area contributed by atoms with Crippen LogP contribution in [-0.4, -0.2) is 11.5 Å². The van der Waals surface area contributed by atoms with Gasteiger partial charge in [0.2, 0.25) is 0 Å². The maximum atomic E-state index is 5.27. The molecule has 2 aromatic heterocycles. The van der Waals surface area contributed by atoms with E-state index in [9.17, 15) is 0 Å². The third-order valence-corrected chi connectivity index (χ3v) is 2.98. The van der Waals surface area contributed by atoms with E-state index in [4.69, 9.17) is 4.42 Å². The largest absolute Gasteiger partial charge is 0.468 e. The van der Waals surface area contributed by atoms with Crippen LogP contribution in [-0.2, 0) is 5.75 Å². The molecule has 0 aliphatic carbocycles. The number of anilines is 1. The van der Waals surface area contributed by atoms with E-state index in [0.717, 1.165) is 28.9 Å². The van der Waals surface area contributed by atoms with E-state index in [0.29, 0.717) is 0 Å². The first-order valence-electron chi connectivity index (χ1n) is 5.24. The van der Waals surface area contributed by atoms with Crippen molar-refractivity contribution in [2.75, 3.05) is 11.9 Å². The van der Waals surface area contributed by atoms with Gasteiger partial charge in [0, 0.05) is 6.54 Å². The van der Waals surface area contributed by atoms with Crippen LogP contribution in [0.15, 0.2) is 46.0 Å². The molecule has 0 saturated heterocycles. The molecule has 2 heterocycles. The van der Waals surface area contributed by atoms with Crippen molar-refractivity contribution in [2.24, 2.45) is 0 Å². The van der Waals surface area contributed by atoms with Crippen molar-refractivity contribution >= 4 is 17.6 Å². The normalized spacial score (nSPS) is 10.3. The number of pyridine rings is 1. The lowest BCUT2D eigenvalue weighted by Crippen LogP contribution is -1.98. The van der Waals surface area contributed by atoms with Crippen LogP contribution in [0.3, 0.4) is 0 Å². The standard InChI is InChI=1S/C12H14N2OS/c1-2-13-11-6-3-7-12(14-11)16-9-10-5-4-8-15-10/h3-8H,2,9H2,1H3,(H,13,14). The van der Waals surface area contributed by atoms with E-state index in [1.165, 1.54) is 0 Å². The van der Waals surface area contributed by atoms with Gasteiger partial charge in [0.25, 0.3) is 0 Å². The molecule has 0 saturated carbocycles. The zero-order chi connectivity index (χ0) is 11.2. The number of rotatable bonds is 5. The predicted molar refractivity (Wildman–Crippen MR) is 66.7 cm³/mol. The van der Waals surface area contributed by atoms with E-state index in [-0.39, 0.29) is 0 Å². The number of aromatic nitrogens is 1. The lowest BCUT2D eigenvalue weighted by Gasteiger charge is -2.04. The third kappa shape index (κ3) is 3.03. The van der Waals surface area contributed by atoms with E-state index in [1.807, 2.05) is 30.3 Å². The van der Waals surface area contributed by atoms with Gasteiger partial charge in [-0.05, 0) is 31.2 Å². The molecule has 0 aliphatic rings. The molecular weight excluding hydrogens is 220 g/mol. The molecule has 1 N–H and O–H groups in total. The first-order chi connectivity index (χ1) is 7.88. The Kier molecular flexibility index (Phi) is 3.88. The summed E-state index contributed by atoms with van der Waals surface area (Å²) in [6.07, 6.45) is 1.69. The fourth-order valence-corrected chi connectivity index (χ4v) is 2.11. The second-order valence-corrected chi connectivity index (χ2v) is 4.26. The summed E-state index contributed by atoms with van der Waals surface area (Å²) in [7, 11) is 0. The van der Waals surface area contributed by atoms with E-state index >= 15 is 0 Å². The van der Waals surface area contributed by atoms with Gasteiger partial charge < -0.3 is 9.73 Å². The summed E-state index contributed by atoms with van der Waals surface area (Å²) in [6.45, 7) is 2.95. The highest BCUT2D eigenvalue weighted by molar-refractivity contribution is 7.98. The average molecular weight is 234 g/mol. The van der Waals surface area contributed by atoms with Crippen LogP contribution in [0.25, 0.3) is 0 Å². The molecule has 2 rings (SSSR count). The van der Waals surface area contributed by atoms with Crippen molar-refractivity contribution in [3.8, 4) is 0 Å². The Labute approximate surface area is 99.3 Å². The fourth-order valence-electron chi connectivity index (χ4n) is 1.31. The Balaban J connectivity index is 1.96. The molecule has 0 radical (unpaired) electrons. The summed E-state index contributed by atoms with van der Waals surface area (Å²) in [6, 6.07) is 9.86. The molecule has 4 heteroatoms. The first-order valence-corrected chi connectivity index (χ1v) is 6.23. The zero-order valence-corrected chi connectivity index (χ0v) is 9.96. The van der Waals surface area contributed by atoms with Crippen LogP contribution in [0.2, 0.25) is 0 Å². The molecule has 0 aromatic carbocycles. The van der Waals surface area contributed by atoms with Gasteiger partial charge in [0.15, 0.2) is 0 Å². The third-order valence-electron chi connectivity index (χ3n) is 2.02. The number of hydrogen-bond acceptors (Lipinski definition) is 4. The highest BCUT2D eigenvalue weighted by atomic mass is 32.2. The molecular formula is C12H14N2OS. The van der Waals surface area contributed by atoms with Gasteiger partial charge in [-0.25, -0.2) is 4.98 Å². The van der Waals surface area contributed by atoms with Gasteiger partial charge in [0.1, 0.15) is 11.6 Å². The van der Waals surface area contributed by atoms with E-state index < -0.39 is 0 Å². The molecule has 0 spiro atoms. The second-order valence-electron chi connectivity index (χ2n) is 3.26. The van der Waals surface area contributed by atoms with Crippen molar-refractivity contribution in [3.63, 3.8) is 0 Å². The molecule has 0 atom stereocenters. The number of hydrogen-bond donors (Lipinski definition) is 1. The number of furan rings is 1. The fraction of sp³-hybridized carbons (Fsp3) is 0.250. The minimum Gasteiger partial charge on any atom is -0.468 e. The van der Waals surface area contributed by atoms with Crippen molar-refractivity contribution in [1.29, 1.82) is 0 Å². The Hall–Kier alpha value is -1.42. The van der Waals surface area contributed by atoms with Crippen LogP contribution >= 0.6 is 11.8 Å². The number of nitrogens with zero attached hydrogens (tertiary/aromatic N) is 1. The van der Waals surface area contributed by atoms with Crippen LogP contribution in [0, 0.1) is 0 Å². The highest BCUT2D eigenvalue weighted by Gasteiger charge is 2.00. The summed E-state index contributed by atoms with van der Waals surface area (Å²) in [4.78, 5) is 4.47.